The molecule has 0 aromatic heterocycles. The fourth-order valence-electron chi connectivity index (χ4n) is 2.65. The second-order valence-corrected chi connectivity index (χ2v) is 6.82. The molecule has 0 bridgehead atoms. The van der Waals surface area contributed by atoms with Crippen molar-refractivity contribution in [1.29, 1.82) is 0 Å². The molecule has 24 heavy (non-hydrogen) atoms. The molecule has 0 saturated carbocycles. The summed E-state index contributed by atoms with van der Waals surface area (Å²) in [5, 5.41) is 12.7. The Hall–Kier alpha value is -1.95. The number of aryl methyl sites for hydroxylation is 1. The van der Waals surface area contributed by atoms with Gasteiger partial charge in [-0.1, -0.05) is 11.6 Å². The summed E-state index contributed by atoms with van der Waals surface area (Å²) in [6, 6.07) is 5.22. The molecule has 2 amide bonds. The maximum Gasteiger partial charge on any atom is 0.317 e. The fraction of sp³-hybridized carbons (Fsp3) is 0.529. The molecule has 1 heterocycles. The van der Waals surface area contributed by atoms with Gasteiger partial charge in [-0.25, -0.2) is 4.79 Å². The molecule has 1 aromatic rings. The largest absolute Gasteiger partial charge is 0.493 e. The number of rotatable bonds is 6. The topological polar surface area (TPSA) is 78.9 Å². The van der Waals surface area contributed by atoms with Gasteiger partial charge in [-0.05, 0) is 50.5 Å². The van der Waals surface area contributed by atoms with Crippen LogP contribution in [0.1, 0.15) is 25.3 Å². The Morgan fingerprint density at radius 1 is 1.46 bits per heavy atom. The third-order valence-electron chi connectivity index (χ3n) is 4.27. The van der Waals surface area contributed by atoms with Crippen molar-refractivity contribution in [2.45, 2.75) is 26.7 Å². The predicted molar refractivity (Wildman–Crippen MR) is 91.6 cm³/mol. The highest BCUT2D eigenvalue weighted by molar-refractivity contribution is 6.30. The van der Waals surface area contributed by atoms with Crippen LogP contribution in [0.2, 0.25) is 5.02 Å². The third-order valence-corrected chi connectivity index (χ3v) is 4.50. The maximum absolute atomic E-state index is 12.0. The number of nitrogens with zero attached hydrogens (tertiary/aromatic N) is 1. The Kier molecular flexibility index (Phi) is 5.94. The van der Waals surface area contributed by atoms with Crippen LogP contribution < -0.4 is 10.1 Å². The SMILES string of the molecule is Cc1cc(Cl)ccc1OCCCNC(=O)N1CCC(C)(C(=O)O)C1. The number of aliphatic carboxylic acids is 1. The second-order valence-electron chi connectivity index (χ2n) is 6.38. The van der Waals surface area contributed by atoms with Crippen LogP contribution in [-0.4, -0.2) is 48.2 Å². The fourth-order valence-corrected chi connectivity index (χ4v) is 2.87. The van der Waals surface area contributed by atoms with Crippen LogP contribution in [0.5, 0.6) is 5.75 Å². The van der Waals surface area contributed by atoms with Crippen LogP contribution in [-0.2, 0) is 4.79 Å². The Labute approximate surface area is 146 Å². The van der Waals surface area contributed by atoms with Gasteiger partial charge in [0.05, 0.1) is 12.0 Å². The highest BCUT2D eigenvalue weighted by Crippen LogP contribution is 2.29. The van der Waals surface area contributed by atoms with Crippen molar-refractivity contribution in [3.8, 4) is 5.75 Å². The summed E-state index contributed by atoms with van der Waals surface area (Å²) in [4.78, 5) is 24.8. The van der Waals surface area contributed by atoms with E-state index in [1.807, 2.05) is 19.1 Å². The van der Waals surface area contributed by atoms with Gasteiger partial charge >= 0.3 is 12.0 Å². The first-order valence-corrected chi connectivity index (χ1v) is 8.35. The summed E-state index contributed by atoms with van der Waals surface area (Å²) in [5.74, 6) is -0.0768. The Balaban J connectivity index is 1.67. The summed E-state index contributed by atoms with van der Waals surface area (Å²) in [7, 11) is 0. The molecule has 1 aliphatic heterocycles. The van der Waals surface area contributed by atoms with Gasteiger partial charge in [-0.3, -0.25) is 4.79 Å². The van der Waals surface area contributed by atoms with Gasteiger partial charge in [-0.2, -0.15) is 0 Å². The van der Waals surface area contributed by atoms with E-state index in [0.717, 1.165) is 11.3 Å². The summed E-state index contributed by atoms with van der Waals surface area (Å²) in [6.07, 6.45) is 1.15. The first-order valence-electron chi connectivity index (χ1n) is 7.97. The van der Waals surface area contributed by atoms with Crippen molar-refractivity contribution in [2.24, 2.45) is 5.41 Å². The minimum Gasteiger partial charge on any atom is -0.493 e. The normalized spacial score (nSPS) is 20.0. The molecule has 1 aromatic carbocycles. The zero-order valence-corrected chi connectivity index (χ0v) is 14.7. The number of nitrogens with one attached hydrogen (secondary N) is 1. The zero-order valence-electron chi connectivity index (χ0n) is 14.0. The van der Waals surface area contributed by atoms with Crippen LogP contribution in [0, 0.1) is 12.3 Å². The van der Waals surface area contributed by atoms with Crippen LogP contribution in [0.15, 0.2) is 18.2 Å². The van der Waals surface area contributed by atoms with Gasteiger partial charge in [0.15, 0.2) is 0 Å². The van der Waals surface area contributed by atoms with E-state index >= 15 is 0 Å². The average molecular weight is 355 g/mol. The molecule has 0 radical (unpaired) electrons. The number of benzene rings is 1. The number of hydrogen-bond acceptors (Lipinski definition) is 3. The van der Waals surface area contributed by atoms with Crippen LogP contribution >= 0.6 is 11.6 Å². The Morgan fingerprint density at radius 2 is 2.21 bits per heavy atom. The standard InChI is InChI=1S/C17H23ClN2O4/c1-12-10-13(18)4-5-14(12)24-9-3-7-19-16(23)20-8-6-17(2,11-20)15(21)22/h4-5,10H,3,6-9,11H2,1-2H3,(H,19,23)(H,21,22). The van der Waals surface area contributed by atoms with E-state index in [9.17, 15) is 14.7 Å². The number of carbonyl (C=O) groups excluding carboxylic acids is 1. The van der Waals surface area contributed by atoms with Crippen LogP contribution in [0.4, 0.5) is 4.79 Å². The summed E-state index contributed by atoms with van der Waals surface area (Å²) in [5.41, 5.74) is 0.128. The molecule has 132 valence electrons. The lowest BCUT2D eigenvalue weighted by Crippen LogP contribution is -2.41. The lowest BCUT2D eigenvalue weighted by molar-refractivity contribution is -0.146. The molecule has 0 aliphatic carbocycles. The molecule has 0 spiro atoms. The van der Waals surface area contributed by atoms with E-state index in [-0.39, 0.29) is 12.6 Å². The van der Waals surface area contributed by atoms with Crippen LogP contribution in [0.3, 0.4) is 0 Å². The van der Waals surface area contributed by atoms with E-state index in [1.165, 1.54) is 0 Å². The molecule has 6 nitrogen and oxygen atoms in total. The molecule has 2 N–H and O–H groups in total. The van der Waals surface area contributed by atoms with E-state index in [4.69, 9.17) is 16.3 Å². The number of carboxylic acid groups (broad SMARTS) is 1. The maximum atomic E-state index is 12.0. The quantitative estimate of drug-likeness (QED) is 0.770. The number of carbonyl (C=O) groups is 2. The van der Waals surface area contributed by atoms with Crippen LogP contribution in [0.25, 0.3) is 0 Å². The lowest BCUT2D eigenvalue weighted by atomic mass is 9.90. The van der Waals surface area contributed by atoms with Gasteiger partial charge in [0.2, 0.25) is 0 Å². The van der Waals surface area contributed by atoms with Gasteiger partial charge in [-0.15, -0.1) is 0 Å². The molecule has 1 aliphatic rings. The lowest BCUT2D eigenvalue weighted by Gasteiger charge is -2.20. The number of carboxylic acids is 1. The summed E-state index contributed by atoms with van der Waals surface area (Å²) >= 11 is 5.89. The smallest absolute Gasteiger partial charge is 0.317 e. The molecule has 1 saturated heterocycles. The Morgan fingerprint density at radius 3 is 2.83 bits per heavy atom. The third kappa shape index (κ3) is 4.54. The highest BCUT2D eigenvalue weighted by Gasteiger charge is 2.42. The second kappa shape index (κ2) is 7.75. The van der Waals surface area contributed by atoms with Gasteiger partial charge in [0.1, 0.15) is 5.75 Å². The zero-order chi connectivity index (χ0) is 17.7. The van der Waals surface area contributed by atoms with E-state index in [1.54, 1.807) is 17.9 Å². The average Bonchev–Trinajstić information content (AvgIpc) is 2.93. The van der Waals surface area contributed by atoms with Crippen molar-refractivity contribution in [2.75, 3.05) is 26.2 Å². The minimum atomic E-state index is -0.857. The van der Waals surface area contributed by atoms with E-state index in [0.29, 0.717) is 37.6 Å². The summed E-state index contributed by atoms with van der Waals surface area (Å²) < 4.78 is 5.66. The highest BCUT2D eigenvalue weighted by atomic mass is 35.5. The number of amides is 2. The van der Waals surface area contributed by atoms with Gasteiger partial charge in [0, 0.05) is 24.7 Å². The molecule has 1 unspecified atom stereocenters. The molecule has 1 atom stereocenters. The number of hydrogen-bond donors (Lipinski definition) is 2. The molecular weight excluding hydrogens is 332 g/mol. The first kappa shape index (κ1) is 18.4. The predicted octanol–water partition coefficient (Wildman–Crippen LogP) is 2.92. The molecule has 2 rings (SSSR count). The molecule has 1 fully saturated rings. The first-order chi connectivity index (χ1) is 11.3. The van der Waals surface area contributed by atoms with E-state index < -0.39 is 11.4 Å². The number of halogens is 1. The minimum absolute atomic E-state index is 0.220. The molecular formula is C17H23ClN2O4. The van der Waals surface area contributed by atoms with Crippen molar-refractivity contribution in [3.05, 3.63) is 28.8 Å². The van der Waals surface area contributed by atoms with Crippen molar-refractivity contribution < 1.29 is 19.4 Å². The number of ether oxygens (including phenoxy) is 1. The summed E-state index contributed by atoms with van der Waals surface area (Å²) in [6.45, 7) is 5.27. The Bertz CT molecular complexity index is 623. The van der Waals surface area contributed by atoms with E-state index in [2.05, 4.69) is 5.32 Å². The van der Waals surface area contributed by atoms with Crippen molar-refractivity contribution in [1.82, 2.24) is 10.2 Å². The number of urea groups is 1. The van der Waals surface area contributed by atoms with Gasteiger partial charge in [0.25, 0.3) is 0 Å². The van der Waals surface area contributed by atoms with Gasteiger partial charge < -0.3 is 20.1 Å². The van der Waals surface area contributed by atoms with Crippen molar-refractivity contribution in [3.63, 3.8) is 0 Å². The molecule has 7 heteroatoms. The van der Waals surface area contributed by atoms with Crippen molar-refractivity contribution >= 4 is 23.6 Å². The number of likely N-dealkylation sites (tertiary alicyclic amines) is 1. The monoisotopic (exact) mass is 354 g/mol.